The van der Waals surface area contributed by atoms with Crippen LogP contribution in [-0.4, -0.2) is 47.8 Å². The molecule has 5 nitrogen and oxygen atoms in total. The quantitative estimate of drug-likeness (QED) is 0.177. The minimum atomic E-state index is -4.48. The molecule has 9 heteroatoms. The van der Waals surface area contributed by atoms with Gasteiger partial charge in [0.2, 0.25) is 11.8 Å². The van der Waals surface area contributed by atoms with Gasteiger partial charge in [-0.05, 0) is 59.0 Å². The lowest BCUT2D eigenvalue weighted by Crippen LogP contribution is -2.51. The van der Waals surface area contributed by atoms with Crippen molar-refractivity contribution in [2.45, 2.75) is 25.7 Å². The van der Waals surface area contributed by atoms with E-state index in [1.165, 1.54) is 17.7 Å². The third-order valence-corrected chi connectivity index (χ3v) is 8.61. The predicted octanol–water partition coefficient (Wildman–Crippen LogP) is 7.37. The maximum Gasteiger partial charge on any atom is 0.416 e. The van der Waals surface area contributed by atoms with Crippen molar-refractivity contribution in [2.75, 3.05) is 26.2 Å². The number of hydrogen-bond donors (Lipinski definition) is 1. The predicted molar refractivity (Wildman–Crippen MR) is 177 cm³/mol. The summed E-state index contributed by atoms with van der Waals surface area (Å²) in [5.74, 6) is -1.48. The molecular formula is C37H35BrF3N3O2. The van der Waals surface area contributed by atoms with Gasteiger partial charge in [-0.3, -0.25) is 14.5 Å². The van der Waals surface area contributed by atoms with Crippen molar-refractivity contribution in [3.05, 3.63) is 147 Å². The standard InChI is InChI=1S/C37H35BrF3N3O2/c38-32-17-13-29(14-18-32)25-42-35(45)33(23-28-11-15-31(16-12-28)37(39,40)41)34(24-27-7-3-1-4-8-27)36(46)44-21-19-43(20-22-44)26-30-9-5-2-6-10-30/h1-18,23,34H,19-22,24-26H2,(H,42,45)/t34-/m0/s1. The van der Waals surface area contributed by atoms with Gasteiger partial charge in [0.1, 0.15) is 0 Å². The molecule has 4 aromatic carbocycles. The second-order valence-electron chi connectivity index (χ2n) is 11.4. The van der Waals surface area contributed by atoms with E-state index >= 15 is 0 Å². The Morgan fingerprint density at radius 2 is 1.35 bits per heavy atom. The van der Waals surface area contributed by atoms with Crippen LogP contribution in [-0.2, 0) is 35.3 Å². The number of benzene rings is 4. The summed E-state index contributed by atoms with van der Waals surface area (Å²) in [4.78, 5) is 32.4. The van der Waals surface area contributed by atoms with E-state index in [1.807, 2.05) is 72.8 Å². The number of nitrogens with zero attached hydrogens (tertiary/aromatic N) is 2. The lowest BCUT2D eigenvalue weighted by Gasteiger charge is -2.37. The molecule has 1 N–H and O–H groups in total. The minimum absolute atomic E-state index is 0.180. The van der Waals surface area contributed by atoms with Crippen LogP contribution in [0.25, 0.3) is 6.08 Å². The van der Waals surface area contributed by atoms with Crippen molar-refractivity contribution in [1.29, 1.82) is 0 Å². The number of carbonyl (C=O) groups is 2. The van der Waals surface area contributed by atoms with Gasteiger partial charge in [-0.25, -0.2) is 0 Å². The average molecular weight is 691 g/mol. The number of carbonyl (C=O) groups excluding carboxylic acids is 2. The molecule has 0 bridgehead atoms. The van der Waals surface area contributed by atoms with Gasteiger partial charge in [-0.15, -0.1) is 0 Å². The summed E-state index contributed by atoms with van der Waals surface area (Å²) in [5, 5.41) is 2.95. The molecule has 1 saturated heterocycles. The fourth-order valence-corrected chi connectivity index (χ4v) is 5.79. The van der Waals surface area contributed by atoms with E-state index in [-0.39, 0.29) is 24.4 Å². The van der Waals surface area contributed by atoms with E-state index in [0.29, 0.717) is 31.7 Å². The highest BCUT2D eigenvalue weighted by Crippen LogP contribution is 2.30. The molecule has 0 spiro atoms. The molecule has 2 amide bonds. The van der Waals surface area contributed by atoms with Crippen LogP contribution in [0, 0.1) is 5.92 Å². The van der Waals surface area contributed by atoms with E-state index in [9.17, 15) is 22.8 Å². The summed E-state index contributed by atoms with van der Waals surface area (Å²) in [6.45, 7) is 3.39. The van der Waals surface area contributed by atoms with Crippen LogP contribution in [0.4, 0.5) is 13.2 Å². The van der Waals surface area contributed by atoms with Gasteiger partial charge in [0, 0.05) is 49.3 Å². The Kier molecular flexibility index (Phi) is 11.1. The third-order valence-electron chi connectivity index (χ3n) is 8.08. The average Bonchev–Trinajstić information content (AvgIpc) is 3.07. The van der Waals surface area contributed by atoms with Gasteiger partial charge in [0.05, 0.1) is 11.5 Å². The van der Waals surface area contributed by atoms with Crippen molar-refractivity contribution < 1.29 is 22.8 Å². The fraction of sp³-hybridized carbons (Fsp3) is 0.243. The highest BCUT2D eigenvalue weighted by atomic mass is 79.9. The van der Waals surface area contributed by atoms with Crippen LogP contribution in [0.1, 0.15) is 27.8 Å². The van der Waals surface area contributed by atoms with E-state index in [1.54, 1.807) is 11.0 Å². The first kappa shape index (κ1) is 33.2. The molecule has 4 aromatic rings. The lowest BCUT2D eigenvalue weighted by atomic mass is 9.88. The molecule has 0 saturated carbocycles. The maximum absolute atomic E-state index is 14.3. The number of piperazine rings is 1. The number of halogens is 4. The molecule has 1 atom stereocenters. The topological polar surface area (TPSA) is 52.7 Å². The zero-order valence-electron chi connectivity index (χ0n) is 25.2. The molecule has 0 aliphatic carbocycles. The molecule has 1 heterocycles. The van der Waals surface area contributed by atoms with E-state index < -0.39 is 23.6 Å². The van der Waals surface area contributed by atoms with Crippen LogP contribution in [0.2, 0.25) is 0 Å². The second kappa shape index (κ2) is 15.4. The smallest absolute Gasteiger partial charge is 0.348 e. The summed E-state index contributed by atoms with van der Waals surface area (Å²) >= 11 is 3.42. The molecular weight excluding hydrogens is 655 g/mol. The molecule has 0 aromatic heterocycles. The summed E-state index contributed by atoms with van der Waals surface area (Å²) in [6, 6.07) is 31.8. The van der Waals surface area contributed by atoms with Crippen LogP contribution in [0.15, 0.2) is 119 Å². The number of rotatable bonds is 10. The monoisotopic (exact) mass is 689 g/mol. The first-order chi connectivity index (χ1) is 22.2. The SMILES string of the molecule is O=C(NCc1ccc(Br)cc1)C(=Cc1ccc(C(F)(F)F)cc1)[C@H](Cc1ccccc1)C(=O)N1CCN(Cc2ccccc2)CC1. The van der Waals surface area contributed by atoms with Crippen molar-refractivity contribution in [3.8, 4) is 0 Å². The van der Waals surface area contributed by atoms with Crippen molar-refractivity contribution in [3.63, 3.8) is 0 Å². The first-order valence-corrected chi connectivity index (χ1v) is 16.0. The van der Waals surface area contributed by atoms with Gasteiger partial charge >= 0.3 is 6.18 Å². The summed E-state index contributed by atoms with van der Waals surface area (Å²) in [6.07, 6.45) is -2.67. The van der Waals surface area contributed by atoms with Gasteiger partial charge in [-0.1, -0.05) is 101 Å². The Morgan fingerprint density at radius 3 is 1.93 bits per heavy atom. The largest absolute Gasteiger partial charge is 0.416 e. The summed E-state index contributed by atoms with van der Waals surface area (Å²) < 4.78 is 40.8. The van der Waals surface area contributed by atoms with Crippen LogP contribution in [0.5, 0.6) is 0 Å². The Morgan fingerprint density at radius 1 is 0.761 bits per heavy atom. The molecule has 1 fully saturated rings. The molecule has 46 heavy (non-hydrogen) atoms. The number of hydrogen-bond acceptors (Lipinski definition) is 3. The zero-order valence-corrected chi connectivity index (χ0v) is 26.8. The molecule has 0 unspecified atom stereocenters. The molecule has 238 valence electrons. The van der Waals surface area contributed by atoms with Gasteiger partial charge in [0.25, 0.3) is 0 Å². The molecule has 5 rings (SSSR count). The van der Waals surface area contributed by atoms with Crippen LogP contribution >= 0.6 is 15.9 Å². The Bertz CT molecular complexity index is 1620. The van der Waals surface area contributed by atoms with Crippen molar-refractivity contribution in [1.82, 2.24) is 15.1 Å². The third kappa shape index (κ3) is 9.17. The normalized spacial score (nSPS) is 15.0. The highest BCUT2D eigenvalue weighted by Gasteiger charge is 2.34. The maximum atomic E-state index is 14.3. The first-order valence-electron chi connectivity index (χ1n) is 15.2. The Balaban J connectivity index is 1.43. The van der Waals surface area contributed by atoms with E-state index in [2.05, 4.69) is 38.3 Å². The van der Waals surface area contributed by atoms with Gasteiger partial charge in [0.15, 0.2) is 0 Å². The zero-order chi connectivity index (χ0) is 32.5. The van der Waals surface area contributed by atoms with Crippen molar-refractivity contribution in [2.24, 2.45) is 5.92 Å². The Hall–Kier alpha value is -4.21. The minimum Gasteiger partial charge on any atom is -0.348 e. The number of amides is 2. The lowest BCUT2D eigenvalue weighted by molar-refractivity contribution is -0.138. The summed E-state index contributed by atoms with van der Waals surface area (Å²) in [7, 11) is 0. The van der Waals surface area contributed by atoms with Crippen LogP contribution < -0.4 is 5.32 Å². The molecule has 0 radical (unpaired) electrons. The van der Waals surface area contributed by atoms with Gasteiger partial charge in [-0.2, -0.15) is 13.2 Å². The molecule has 1 aliphatic rings. The second-order valence-corrected chi connectivity index (χ2v) is 12.3. The van der Waals surface area contributed by atoms with Gasteiger partial charge < -0.3 is 10.2 Å². The number of nitrogens with one attached hydrogen (secondary N) is 1. The highest BCUT2D eigenvalue weighted by molar-refractivity contribution is 9.10. The van der Waals surface area contributed by atoms with E-state index in [4.69, 9.17) is 0 Å². The Labute approximate surface area is 275 Å². The molecule has 1 aliphatic heterocycles. The van der Waals surface area contributed by atoms with Crippen molar-refractivity contribution >= 4 is 33.8 Å². The van der Waals surface area contributed by atoms with E-state index in [0.717, 1.165) is 34.3 Å². The van der Waals surface area contributed by atoms with Crippen LogP contribution in [0.3, 0.4) is 0 Å². The fourth-order valence-electron chi connectivity index (χ4n) is 5.53. The number of alkyl halides is 3. The summed E-state index contributed by atoms with van der Waals surface area (Å²) in [5.41, 5.74) is 2.77.